The van der Waals surface area contributed by atoms with Crippen LogP contribution in [-0.4, -0.2) is 16.4 Å². The van der Waals surface area contributed by atoms with Crippen LogP contribution in [0.25, 0.3) is 0 Å². The summed E-state index contributed by atoms with van der Waals surface area (Å²) in [5, 5.41) is 14.7. The van der Waals surface area contributed by atoms with Crippen LogP contribution >= 0.6 is 0 Å². The van der Waals surface area contributed by atoms with E-state index in [2.05, 4.69) is 5.10 Å². The number of carbonyl (C=O) groups is 1. The van der Waals surface area contributed by atoms with E-state index in [1.54, 1.807) is 18.2 Å². The molecule has 32 heavy (non-hydrogen) atoms. The SMILES string of the molecule is NN=C(c1ccccc1)c1ccccc1[N+](=O)[O-].O=C(c1ccccc1)c1ccccc1. The molecular weight excluding hydrogens is 402 g/mol. The number of carbonyl (C=O) groups excluding carboxylic acids is 1. The standard InChI is InChI=1S/C13H11N3O2.C13H10O/c14-15-13(10-6-2-1-3-7-10)11-8-4-5-9-12(11)16(17)18;14-13(11-7-3-1-4-8-11)12-9-5-2-6-10-12/h1-9H,14H2;1-10H. The lowest BCUT2D eigenvalue weighted by molar-refractivity contribution is -0.385. The van der Waals surface area contributed by atoms with Gasteiger partial charge in [0.25, 0.3) is 5.69 Å². The number of nitro groups is 1. The molecule has 0 fully saturated rings. The Morgan fingerprint density at radius 3 is 1.50 bits per heavy atom. The van der Waals surface area contributed by atoms with E-state index in [1.165, 1.54) is 6.07 Å². The molecule has 0 bridgehead atoms. The average molecular weight is 423 g/mol. The highest BCUT2D eigenvalue weighted by Crippen LogP contribution is 2.21. The van der Waals surface area contributed by atoms with Crippen LogP contribution in [0, 0.1) is 10.1 Å². The van der Waals surface area contributed by atoms with E-state index in [0.717, 1.165) is 16.7 Å². The molecule has 0 unspecified atom stereocenters. The van der Waals surface area contributed by atoms with Gasteiger partial charge in [-0.05, 0) is 6.07 Å². The van der Waals surface area contributed by atoms with Crippen LogP contribution in [0.3, 0.4) is 0 Å². The molecule has 158 valence electrons. The first kappa shape index (κ1) is 22.1. The van der Waals surface area contributed by atoms with Crippen LogP contribution < -0.4 is 5.84 Å². The molecule has 0 heterocycles. The van der Waals surface area contributed by atoms with Crippen LogP contribution in [0.1, 0.15) is 27.0 Å². The summed E-state index contributed by atoms with van der Waals surface area (Å²) in [7, 11) is 0. The van der Waals surface area contributed by atoms with Gasteiger partial charge in [0.05, 0.1) is 10.5 Å². The second-order valence-corrected chi connectivity index (χ2v) is 6.68. The van der Waals surface area contributed by atoms with Crippen molar-refractivity contribution in [2.24, 2.45) is 10.9 Å². The van der Waals surface area contributed by atoms with Gasteiger partial charge >= 0.3 is 0 Å². The van der Waals surface area contributed by atoms with Gasteiger partial charge in [-0.25, -0.2) is 0 Å². The van der Waals surface area contributed by atoms with Crippen molar-refractivity contribution >= 4 is 17.2 Å². The van der Waals surface area contributed by atoms with Crippen molar-refractivity contribution < 1.29 is 9.72 Å². The Bertz CT molecular complexity index is 1170. The molecule has 6 heteroatoms. The maximum absolute atomic E-state index is 11.8. The fourth-order valence-corrected chi connectivity index (χ4v) is 3.07. The number of ketones is 1. The van der Waals surface area contributed by atoms with Crippen LogP contribution in [-0.2, 0) is 0 Å². The van der Waals surface area contributed by atoms with E-state index >= 15 is 0 Å². The predicted molar refractivity (Wildman–Crippen MR) is 126 cm³/mol. The molecule has 0 atom stereocenters. The fraction of sp³-hybridized carbons (Fsp3) is 0. The zero-order chi connectivity index (χ0) is 22.8. The number of hydrogen-bond acceptors (Lipinski definition) is 5. The van der Waals surface area contributed by atoms with E-state index in [1.807, 2.05) is 91.0 Å². The van der Waals surface area contributed by atoms with Crippen LogP contribution in [0.5, 0.6) is 0 Å². The highest BCUT2D eigenvalue weighted by atomic mass is 16.6. The van der Waals surface area contributed by atoms with Gasteiger partial charge in [0.2, 0.25) is 0 Å². The topological polar surface area (TPSA) is 98.6 Å². The van der Waals surface area contributed by atoms with E-state index in [9.17, 15) is 14.9 Å². The Morgan fingerprint density at radius 1 is 0.656 bits per heavy atom. The van der Waals surface area contributed by atoms with Crippen molar-refractivity contribution in [3.63, 3.8) is 0 Å². The summed E-state index contributed by atoms with van der Waals surface area (Å²) in [6.45, 7) is 0. The van der Waals surface area contributed by atoms with Gasteiger partial charge < -0.3 is 5.84 Å². The molecule has 0 aromatic heterocycles. The van der Waals surface area contributed by atoms with E-state index in [0.29, 0.717) is 11.3 Å². The Balaban J connectivity index is 0.000000186. The molecule has 0 amide bonds. The summed E-state index contributed by atoms with van der Waals surface area (Å²) in [6.07, 6.45) is 0. The van der Waals surface area contributed by atoms with Crippen molar-refractivity contribution in [2.75, 3.05) is 0 Å². The molecule has 2 N–H and O–H groups in total. The summed E-state index contributed by atoms with van der Waals surface area (Å²) in [5.41, 5.74) is 3.02. The number of nitrogens with two attached hydrogens (primary N) is 1. The minimum Gasteiger partial charge on any atom is -0.323 e. The first-order valence-electron chi connectivity index (χ1n) is 9.83. The highest BCUT2D eigenvalue weighted by Gasteiger charge is 2.18. The average Bonchev–Trinajstić information content (AvgIpc) is 2.86. The van der Waals surface area contributed by atoms with E-state index < -0.39 is 4.92 Å². The van der Waals surface area contributed by atoms with Crippen molar-refractivity contribution in [1.29, 1.82) is 0 Å². The molecule has 0 aliphatic carbocycles. The quantitative estimate of drug-likeness (QED) is 0.156. The molecule has 0 radical (unpaired) electrons. The molecule has 0 aliphatic rings. The van der Waals surface area contributed by atoms with Gasteiger partial charge in [0, 0.05) is 22.8 Å². The van der Waals surface area contributed by atoms with Crippen LogP contribution in [0.2, 0.25) is 0 Å². The summed E-state index contributed by atoms with van der Waals surface area (Å²) in [5.74, 6) is 5.45. The monoisotopic (exact) mass is 423 g/mol. The van der Waals surface area contributed by atoms with Crippen molar-refractivity contribution in [2.45, 2.75) is 0 Å². The molecule has 4 aromatic rings. The fourth-order valence-electron chi connectivity index (χ4n) is 3.07. The van der Waals surface area contributed by atoms with E-state index in [4.69, 9.17) is 5.84 Å². The minimum atomic E-state index is -0.441. The number of nitrogens with zero attached hydrogens (tertiary/aromatic N) is 2. The normalized spacial score (nSPS) is 10.6. The zero-order valence-corrected chi connectivity index (χ0v) is 17.2. The summed E-state index contributed by atoms with van der Waals surface area (Å²) >= 11 is 0. The maximum atomic E-state index is 11.8. The summed E-state index contributed by atoms with van der Waals surface area (Å²) in [6, 6.07) is 34.1. The largest absolute Gasteiger partial charge is 0.323 e. The van der Waals surface area contributed by atoms with Crippen molar-refractivity contribution in [3.05, 3.63) is 148 Å². The minimum absolute atomic E-state index is 0.00875. The third-order valence-electron chi connectivity index (χ3n) is 4.60. The lowest BCUT2D eigenvalue weighted by atomic mass is 10.0. The number of nitro benzene ring substituents is 1. The smallest absolute Gasteiger partial charge is 0.278 e. The van der Waals surface area contributed by atoms with Crippen molar-refractivity contribution in [1.82, 2.24) is 0 Å². The van der Waals surface area contributed by atoms with E-state index in [-0.39, 0.29) is 11.5 Å². The van der Waals surface area contributed by atoms with Crippen molar-refractivity contribution in [3.8, 4) is 0 Å². The van der Waals surface area contributed by atoms with Crippen LogP contribution in [0.4, 0.5) is 5.69 Å². The molecular formula is C26H21N3O3. The van der Waals surface area contributed by atoms with Gasteiger partial charge in [-0.3, -0.25) is 14.9 Å². The van der Waals surface area contributed by atoms with Gasteiger partial charge in [-0.15, -0.1) is 0 Å². The molecule has 0 saturated carbocycles. The van der Waals surface area contributed by atoms with Gasteiger partial charge in [-0.1, -0.05) is 103 Å². The molecule has 4 aromatic carbocycles. The maximum Gasteiger partial charge on any atom is 0.278 e. The lowest BCUT2D eigenvalue weighted by Crippen LogP contribution is -2.09. The second-order valence-electron chi connectivity index (χ2n) is 6.68. The molecule has 4 rings (SSSR count). The number of rotatable bonds is 5. The molecule has 0 saturated heterocycles. The Hall–Kier alpha value is -4.58. The molecule has 6 nitrogen and oxygen atoms in total. The Kier molecular flexibility index (Phi) is 7.59. The molecule has 0 aliphatic heterocycles. The van der Waals surface area contributed by atoms with Gasteiger partial charge in [-0.2, -0.15) is 5.10 Å². The van der Waals surface area contributed by atoms with Gasteiger partial charge in [0.15, 0.2) is 5.78 Å². The first-order valence-corrected chi connectivity index (χ1v) is 9.83. The number of benzene rings is 4. The zero-order valence-electron chi connectivity index (χ0n) is 17.2. The third-order valence-corrected chi connectivity index (χ3v) is 4.60. The lowest BCUT2D eigenvalue weighted by Gasteiger charge is -2.06. The Labute approximate surface area is 185 Å². The highest BCUT2D eigenvalue weighted by molar-refractivity contribution is 6.15. The number of hydrazone groups is 1. The predicted octanol–water partition coefficient (Wildman–Crippen LogP) is 5.22. The number of hydrogen-bond donors (Lipinski definition) is 1. The second kappa shape index (κ2) is 11.0. The summed E-state index contributed by atoms with van der Waals surface area (Å²) in [4.78, 5) is 22.4. The summed E-state index contributed by atoms with van der Waals surface area (Å²) < 4.78 is 0. The Morgan fingerprint density at radius 2 is 1.06 bits per heavy atom. The van der Waals surface area contributed by atoms with Crippen LogP contribution in [0.15, 0.2) is 120 Å². The van der Waals surface area contributed by atoms with Gasteiger partial charge in [0.1, 0.15) is 5.71 Å². The number of para-hydroxylation sites is 1. The molecule has 0 spiro atoms. The first-order chi connectivity index (χ1) is 15.6. The third kappa shape index (κ3) is 5.52.